The first-order valence-corrected chi connectivity index (χ1v) is 5.54. The molecule has 0 atom stereocenters. The van der Waals surface area contributed by atoms with E-state index in [0.717, 1.165) is 16.8 Å². The monoisotopic (exact) mass is 223 g/mol. The zero-order valence-corrected chi connectivity index (χ0v) is 9.57. The SMILES string of the molecule is Cc1ccc2c(-c3ccc(N)cn3)c[nH]c2c1. The lowest BCUT2D eigenvalue weighted by Gasteiger charge is -2.00. The normalized spacial score (nSPS) is 10.9. The molecule has 0 spiro atoms. The van der Waals surface area contributed by atoms with E-state index in [2.05, 4.69) is 35.1 Å². The Balaban J connectivity index is 2.21. The molecule has 0 bridgehead atoms. The van der Waals surface area contributed by atoms with Crippen LogP contribution in [0.3, 0.4) is 0 Å². The van der Waals surface area contributed by atoms with Crippen LogP contribution in [0.2, 0.25) is 0 Å². The van der Waals surface area contributed by atoms with Crippen LogP contribution in [-0.4, -0.2) is 9.97 Å². The molecule has 17 heavy (non-hydrogen) atoms. The number of aromatic nitrogens is 2. The Morgan fingerprint density at radius 1 is 1.18 bits per heavy atom. The quantitative estimate of drug-likeness (QED) is 0.666. The van der Waals surface area contributed by atoms with Crippen LogP contribution in [0.5, 0.6) is 0 Å². The third kappa shape index (κ3) is 1.65. The van der Waals surface area contributed by atoms with Gasteiger partial charge in [-0.25, -0.2) is 0 Å². The van der Waals surface area contributed by atoms with Gasteiger partial charge in [0.1, 0.15) is 0 Å². The number of H-pyrrole nitrogens is 1. The van der Waals surface area contributed by atoms with Crippen molar-refractivity contribution in [3.8, 4) is 11.3 Å². The number of nitrogen functional groups attached to an aromatic ring is 1. The largest absolute Gasteiger partial charge is 0.397 e. The van der Waals surface area contributed by atoms with Gasteiger partial charge in [0.05, 0.1) is 17.6 Å². The first kappa shape index (κ1) is 9.90. The van der Waals surface area contributed by atoms with Crippen molar-refractivity contribution >= 4 is 16.6 Å². The number of anilines is 1. The molecule has 0 aliphatic carbocycles. The van der Waals surface area contributed by atoms with Gasteiger partial charge in [-0.3, -0.25) is 4.98 Å². The van der Waals surface area contributed by atoms with Crippen molar-refractivity contribution in [1.82, 2.24) is 9.97 Å². The van der Waals surface area contributed by atoms with Gasteiger partial charge in [0.25, 0.3) is 0 Å². The number of fused-ring (bicyclic) bond motifs is 1. The number of benzene rings is 1. The molecule has 0 fully saturated rings. The molecule has 3 aromatic rings. The Hall–Kier alpha value is -2.29. The van der Waals surface area contributed by atoms with Gasteiger partial charge in [0.2, 0.25) is 0 Å². The average molecular weight is 223 g/mol. The highest BCUT2D eigenvalue weighted by atomic mass is 14.7. The topological polar surface area (TPSA) is 54.7 Å². The molecule has 2 heterocycles. The number of aryl methyl sites for hydroxylation is 1. The van der Waals surface area contributed by atoms with Crippen molar-refractivity contribution in [2.75, 3.05) is 5.73 Å². The van der Waals surface area contributed by atoms with Crippen LogP contribution in [0, 0.1) is 6.92 Å². The van der Waals surface area contributed by atoms with Crippen LogP contribution in [0.1, 0.15) is 5.56 Å². The number of aromatic amines is 1. The predicted molar refractivity (Wildman–Crippen MR) is 70.7 cm³/mol. The van der Waals surface area contributed by atoms with E-state index < -0.39 is 0 Å². The molecule has 0 saturated carbocycles. The lowest BCUT2D eigenvalue weighted by Crippen LogP contribution is -1.87. The third-order valence-corrected chi connectivity index (χ3v) is 2.90. The minimum absolute atomic E-state index is 0.685. The zero-order chi connectivity index (χ0) is 11.8. The molecule has 3 heteroatoms. The highest BCUT2D eigenvalue weighted by molar-refractivity contribution is 5.94. The number of rotatable bonds is 1. The van der Waals surface area contributed by atoms with E-state index in [0.29, 0.717) is 5.69 Å². The molecule has 3 N–H and O–H groups in total. The maximum atomic E-state index is 5.64. The Bertz CT molecular complexity index is 666. The first-order valence-electron chi connectivity index (χ1n) is 5.54. The molecule has 1 aromatic carbocycles. The number of nitrogens with one attached hydrogen (secondary N) is 1. The van der Waals surface area contributed by atoms with Gasteiger partial charge in [-0.1, -0.05) is 12.1 Å². The lowest BCUT2D eigenvalue weighted by atomic mass is 10.1. The first-order chi connectivity index (χ1) is 8.24. The van der Waals surface area contributed by atoms with Gasteiger partial charge >= 0.3 is 0 Å². The van der Waals surface area contributed by atoms with Crippen molar-refractivity contribution in [2.24, 2.45) is 0 Å². The van der Waals surface area contributed by atoms with Gasteiger partial charge < -0.3 is 10.7 Å². The van der Waals surface area contributed by atoms with Gasteiger partial charge in [0, 0.05) is 22.7 Å². The number of hydrogen-bond acceptors (Lipinski definition) is 2. The summed E-state index contributed by atoms with van der Waals surface area (Å²) in [4.78, 5) is 7.62. The maximum absolute atomic E-state index is 5.64. The van der Waals surface area contributed by atoms with Gasteiger partial charge in [-0.05, 0) is 30.7 Å². The van der Waals surface area contributed by atoms with Crippen molar-refractivity contribution in [2.45, 2.75) is 6.92 Å². The van der Waals surface area contributed by atoms with E-state index in [1.807, 2.05) is 18.3 Å². The summed E-state index contributed by atoms with van der Waals surface area (Å²) in [6.07, 6.45) is 3.67. The van der Waals surface area contributed by atoms with Crippen LogP contribution in [0.4, 0.5) is 5.69 Å². The molecule has 0 radical (unpaired) electrons. The highest BCUT2D eigenvalue weighted by Crippen LogP contribution is 2.27. The highest BCUT2D eigenvalue weighted by Gasteiger charge is 2.06. The molecule has 0 aliphatic heterocycles. The average Bonchev–Trinajstić information content (AvgIpc) is 2.73. The Morgan fingerprint density at radius 3 is 2.82 bits per heavy atom. The number of pyridine rings is 1. The van der Waals surface area contributed by atoms with E-state index in [1.54, 1.807) is 6.20 Å². The van der Waals surface area contributed by atoms with Crippen LogP contribution in [0.15, 0.2) is 42.7 Å². The molecule has 3 nitrogen and oxygen atoms in total. The van der Waals surface area contributed by atoms with Gasteiger partial charge in [-0.15, -0.1) is 0 Å². The second kappa shape index (κ2) is 3.63. The standard InChI is InChI=1S/C14H13N3/c1-9-2-4-11-12(8-17-14(11)6-9)13-5-3-10(15)7-16-13/h2-8,17H,15H2,1H3. The Morgan fingerprint density at radius 2 is 2.06 bits per heavy atom. The molecular weight excluding hydrogens is 210 g/mol. The molecular formula is C14H13N3. The summed E-state index contributed by atoms with van der Waals surface area (Å²) in [5.41, 5.74) is 10.8. The molecule has 84 valence electrons. The van der Waals surface area contributed by atoms with Crippen LogP contribution >= 0.6 is 0 Å². The fourth-order valence-electron chi connectivity index (χ4n) is 2.02. The zero-order valence-electron chi connectivity index (χ0n) is 9.57. The lowest BCUT2D eigenvalue weighted by molar-refractivity contribution is 1.33. The van der Waals surface area contributed by atoms with Crippen molar-refractivity contribution in [1.29, 1.82) is 0 Å². The van der Waals surface area contributed by atoms with E-state index >= 15 is 0 Å². The molecule has 0 amide bonds. The number of hydrogen-bond donors (Lipinski definition) is 2. The van der Waals surface area contributed by atoms with Gasteiger partial charge in [-0.2, -0.15) is 0 Å². The molecule has 0 aliphatic rings. The Labute approximate surface area is 99.3 Å². The van der Waals surface area contributed by atoms with E-state index in [-0.39, 0.29) is 0 Å². The summed E-state index contributed by atoms with van der Waals surface area (Å²) in [6.45, 7) is 2.08. The number of nitrogens with two attached hydrogens (primary N) is 1. The van der Waals surface area contributed by atoms with Gasteiger partial charge in [0.15, 0.2) is 0 Å². The second-order valence-corrected chi connectivity index (χ2v) is 4.23. The van der Waals surface area contributed by atoms with E-state index in [1.165, 1.54) is 10.9 Å². The maximum Gasteiger partial charge on any atom is 0.0725 e. The van der Waals surface area contributed by atoms with Crippen LogP contribution in [-0.2, 0) is 0 Å². The molecule has 2 aromatic heterocycles. The minimum atomic E-state index is 0.685. The van der Waals surface area contributed by atoms with Crippen molar-refractivity contribution in [3.63, 3.8) is 0 Å². The fourth-order valence-corrected chi connectivity index (χ4v) is 2.02. The van der Waals surface area contributed by atoms with E-state index in [4.69, 9.17) is 5.73 Å². The predicted octanol–water partition coefficient (Wildman–Crippen LogP) is 3.12. The van der Waals surface area contributed by atoms with Crippen molar-refractivity contribution < 1.29 is 0 Å². The fraction of sp³-hybridized carbons (Fsp3) is 0.0714. The summed E-state index contributed by atoms with van der Waals surface area (Å²) >= 11 is 0. The van der Waals surface area contributed by atoms with Crippen molar-refractivity contribution in [3.05, 3.63) is 48.3 Å². The second-order valence-electron chi connectivity index (χ2n) is 4.23. The molecule has 0 unspecified atom stereocenters. The summed E-state index contributed by atoms with van der Waals surface area (Å²) in [5, 5.41) is 1.19. The Kier molecular flexibility index (Phi) is 2.11. The summed E-state index contributed by atoms with van der Waals surface area (Å²) in [7, 11) is 0. The number of nitrogens with zero attached hydrogens (tertiary/aromatic N) is 1. The summed E-state index contributed by atoms with van der Waals surface area (Å²) < 4.78 is 0. The minimum Gasteiger partial charge on any atom is -0.397 e. The summed E-state index contributed by atoms with van der Waals surface area (Å²) in [5.74, 6) is 0. The van der Waals surface area contributed by atoms with Crippen LogP contribution in [0.25, 0.3) is 22.2 Å². The van der Waals surface area contributed by atoms with Crippen LogP contribution < -0.4 is 5.73 Å². The smallest absolute Gasteiger partial charge is 0.0725 e. The molecule has 3 rings (SSSR count). The third-order valence-electron chi connectivity index (χ3n) is 2.90. The summed E-state index contributed by atoms with van der Waals surface area (Å²) in [6, 6.07) is 10.2. The van der Waals surface area contributed by atoms with E-state index in [9.17, 15) is 0 Å². The molecule has 0 saturated heterocycles.